The number of para-hydroxylation sites is 1. The maximum absolute atomic E-state index is 5.41. The third-order valence-electron chi connectivity index (χ3n) is 3.02. The first-order valence-electron chi connectivity index (χ1n) is 6.11. The molecule has 0 saturated heterocycles. The predicted molar refractivity (Wildman–Crippen MR) is 81.5 cm³/mol. The van der Waals surface area contributed by atoms with E-state index in [9.17, 15) is 0 Å². The van der Waals surface area contributed by atoms with Crippen molar-refractivity contribution in [1.29, 1.82) is 0 Å². The number of pyridine rings is 1. The van der Waals surface area contributed by atoms with E-state index < -0.39 is 0 Å². The van der Waals surface area contributed by atoms with Crippen LogP contribution in [0.5, 0.6) is 0 Å². The van der Waals surface area contributed by atoms with Crippen molar-refractivity contribution in [3.8, 4) is 22.9 Å². The smallest absolute Gasteiger partial charge is 0.125 e. The van der Waals surface area contributed by atoms with E-state index >= 15 is 0 Å². The molecule has 2 heterocycles. The van der Waals surface area contributed by atoms with Crippen LogP contribution in [0.3, 0.4) is 0 Å². The Labute approximate surface area is 121 Å². The first-order valence-corrected chi connectivity index (χ1v) is 6.99. The molecule has 0 amide bonds. The van der Waals surface area contributed by atoms with Gasteiger partial charge in [-0.05, 0) is 12.0 Å². The Morgan fingerprint density at radius 3 is 2.95 bits per heavy atom. The Hall–Kier alpha value is -2.22. The molecule has 1 aromatic carbocycles. The van der Waals surface area contributed by atoms with Crippen LogP contribution in [0.1, 0.15) is 11.3 Å². The number of hydrogen-bond acceptors (Lipinski definition) is 4. The monoisotopic (exact) mass is 280 g/mol. The molecule has 0 radical (unpaired) electrons. The highest BCUT2D eigenvalue weighted by Crippen LogP contribution is 2.33. The second kappa shape index (κ2) is 5.41. The number of nitrogens with zero attached hydrogens (tertiary/aromatic N) is 2. The molecule has 4 heteroatoms. The summed E-state index contributed by atoms with van der Waals surface area (Å²) in [5.74, 6) is 2.57. The molecule has 0 unspecified atom stereocenters. The maximum atomic E-state index is 5.41. The van der Waals surface area contributed by atoms with Crippen molar-refractivity contribution in [2.24, 2.45) is 0 Å². The van der Waals surface area contributed by atoms with Crippen LogP contribution in [-0.4, -0.2) is 17.1 Å². The van der Waals surface area contributed by atoms with Gasteiger partial charge < -0.3 is 4.74 Å². The SMILES string of the molecule is C#Cc1csc(-c2c(COC)cnc3ccccc23)n1. The van der Waals surface area contributed by atoms with Gasteiger partial charge in [0.2, 0.25) is 0 Å². The number of hydrogen-bond donors (Lipinski definition) is 0. The maximum Gasteiger partial charge on any atom is 0.125 e. The largest absolute Gasteiger partial charge is 0.380 e. The van der Waals surface area contributed by atoms with Gasteiger partial charge in [-0.2, -0.15) is 0 Å². The Balaban J connectivity index is 2.29. The topological polar surface area (TPSA) is 35.0 Å². The molecule has 0 fully saturated rings. The van der Waals surface area contributed by atoms with E-state index in [4.69, 9.17) is 11.2 Å². The van der Waals surface area contributed by atoms with Gasteiger partial charge in [0.05, 0.1) is 12.1 Å². The summed E-state index contributed by atoms with van der Waals surface area (Å²) < 4.78 is 5.27. The number of fused-ring (bicyclic) bond motifs is 1. The zero-order valence-electron chi connectivity index (χ0n) is 11.0. The molecule has 0 bridgehead atoms. The first-order chi connectivity index (χ1) is 9.83. The zero-order valence-corrected chi connectivity index (χ0v) is 11.8. The Kier molecular flexibility index (Phi) is 3.46. The van der Waals surface area contributed by atoms with Gasteiger partial charge in [-0.15, -0.1) is 17.8 Å². The fourth-order valence-electron chi connectivity index (χ4n) is 2.15. The van der Waals surface area contributed by atoms with Crippen molar-refractivity contribution in [2.45, 2.75) is 6.61 Å². The average molecular weight is 280 g/mol. The highest BCUT2D eigenvalue weighted by Gasteiger charge is 2.14. The standard InChI is InChI=1S/C16H12N2OS/c1-3-12-10-20-16(18-12)15-11(9-19-2)8-17-14-7-5-4-6-13(14)15/h1,4-8,10H,9H2,2H3. The van der Waals surface area contributed by atoms with Gasteiger partial charge >= 0.3 is 0 Å². The van der Waals surface area contributed by atoms with Crippen LogP contribution in [0.25, 0.3) is 21.5 Å². The minimum Gasteiger partial charge on any atom is -0.380 e. The predicted octanol–water partition coefficient (Wildman–Crippen LogP) is 3.49. The lowest BCUT2D eigenvalue weighted by molar-refractivity contribution is 0.185. The van der Waals surface area contributed by atoms with Crippen LogP contribution in [0, 0.1) is 12.3 Å². The van der Waals surface area contributed by atoms with Crippen molar-refractivity contribution in [2.75, 3.05) is 7.11 Å². The number of terminal acetylenes is 1. The minimum atomic E-state index is 0.498. The molecule has 3 rings (SSSR count). The van der Waals surface area contributed by atoms with E-state index in [1.165, 1.54) is 0 Å². The molecule has 3 aromatic rings. The van der Waals surface area contributed by atoms with Crippen molar-refractivity contribution in [3.63, 3.8) is 0 Å². The molecular formula is C16H12N2OS. The van der Waals surface area contributed by atoms with Crippen molar-refractivity contribution in [1.82, 2.24) is 9.97 Å². The van der Waals surface area contributed by atoms with E-state index in [0.717, 1.165) is 27.0 Å². The lowest BCUT2D eigenvalue weighted by Gasteiger charge is -2.09. The lowest BCUT2D eigenvalue weighted by atomic mass is 10.0. The van der Waals surface area contributed by atoms with E-state index in [1.807, 2.05) is 35.8 Å². The fourth-order valence-corrected chi connectivity index (χ4v) is 3.01. The summed E-state index contributed by atoms with van der Waals surface area (Å²) >= 11 is 1.55. The Morgan fingerprint density at radius 1 is 1.35 bits per heavy atom. The van der Waals surface area contributed by atoms with Gasteiger partial charge in [0.25, 0.3) is 0 Å². The quantitative estimate of drug-likeness (QED) is 0.689. The average Bonchev–Trinajstić information content (AvgIpc) is 2.96. The molecule has 0 saturated carbocycles. The molecule has 0 aliphatic rings. The first kappa shape index (κ1) is 12.8. The summed E-state index contributed by atoms with van der Waals surface area (Å²) in [5, 5.41) is 3.87. The third-order valence-corrected chi connectivity index (χ3v) is 3.88. The summed E-state index contributed by atoms with van der Waals surface area (Å²) in [6, 6.07) is 8.02. The normalized spacial score (nSPS) is 10.6. The highest BCUT2D eigenvalue weighted by molar-refractivity contribution is 7.13. The van der Waals surface area contributed by atoms with E-state index in [1.54, 1.807) is 18.4 Å². The summed E-state index contributed by atoms with van der Waals surface area (Å²) in [6.45, 7) is 0.498. The van der Waals surface area contributed by atoms with Crippen LogP contribution in [0.15, 0.2) is 35.8 Å². The van der Waals surface area contributed by atoms with Crippen molar-refractivity contribution >= 4 is 22.2 Å². The van der Waals surface area contributed by atoms with E-state index in [-0.39, 0.29) is 0 Å². The number of thiazole rings is 1. The second-order valence-electron chi connectivity index (χ2n) is 4.29. The lowest BCUT2D eigenvalue weighted by Crippen LogP contribution is -1.95. The van der Waals surface area contributed by atoms with Crippen LogP contribution < -0.4 is 0 Å². The molecule has 98 valence electrons. The van der Waals surface area contributed by atoms with Gasteiger partial charge in [-0.1, -0.05) is 18.2 Å². The summed E-state index contributed by atoms with van der Waals surface area (Å²) in [5.41, 5.74) is 3.68. The van der Waals surface area contributed by atoms with Crippen LogP contribution in [0.2, 0.25) is 0 Å². The zero-order chi connectivity index (χ0) is 13.9. The number of methoxy groups -OCH3 is 1. The molecular weight excluding hydrogens is 268 g/mol. The minimum absolute atomic E-state index is 0.498. The van der Waals surface area contributed by atoms with Crippen molar-refractivity contribution < 1.29 is 4.74 Å². The second-order valence-corrected chi connectivity index (χ2v) is 5.15. The van der Waals surface area contributed by atoms with E-state index in [0.29, 0.717) is 12.3 Å². The molecule has 2 aromatic heterocycles. The summed E-state index contributed by atoms with van der Waals surface area (Å²) in [7, 11) is 1.67. The molecule has 0 aliphatic carbocycles. The molecule has 0 spiro atoms. The van der Waals surface area contributed by atoms with Crippen molar-refractivity contribution in [3.05, 3.63) is 47.1 Å². The number of aromatic nitrogens is 2. The number of rotatable bonds is 3. The van der Waals surface area contributed by atoms with Gasteiger partial charge in [0, 0.05) is 35.2 Å². The number of ether oxygens (including phenoxy) is 1. The Bertz CT molecular complexity index is 802. The van der Waals surface area contributed by atoms with Gasteiger partial charge in [-0.3, -0.25) is 4.98 Å². The van der Waals surface area contributed by atoms with Crippen LogP contribution >= 0.6 is 11.3 Å². The van der Waals surface area contributed by atoms with Gasteiger partial charge in [0.1, 0.15) is 10.7 Å². The van der Waals surface area contributed by atoms with E-state index in [2.05, 4.69) is 15.9 Å². The third kappa shape index (κ3) is 2.18. The highest BCUT2D eigenvalue weighted by atomic mass is 32.1. The summed E-state index contributed by atoms with van der Waals surface area (Å²) in [4.78, 5) is 8.96. The molecule has 3 nitrogen and oxygen atoms in total. The Morgan fingerprint density at radius 2 is 2.20 bits per heavy atom. The molecule has 0 atom stereocenters. The summed E-state index contributed by atoms with van der Waals surface area (Å²) in [6.07, 6.45) is 7.25. The van der Waals surface area contributed by atoms with Crippen LogP contribution in [0.4, 0.5) is 0 Å². The fraction of sp³-hybridized carbons (Fsp3) is 0.125. The van der Waals surface area contributed by atoms with Gasteiger partial charge in [-0.25, -0.2) is 4.98 Å². The molecule has 20 heavy (non-hydrogen) atoms. The van der Waals surface area contributed by atoms with Crippen LogP contribution in [-0.2, 0) is 11.3 Å². The molecule has 0 aliphatic heterocycles. The molecule has 0 N–H and O–H groups in total. The number of benzene rings is 1. The van der Waals surface area contributed by atoms with Gasteiger partial charge in [0.15, 0.2) is 0 Å².